The maximum Gasteiger partial charge on any atom is 0.332 e. The Hall–Kier alpha value is 0.310. The van der Waals surface area contributed by atoms with Gasteiger partial charge in [-0.3, -0.25) is 0 Å². The molecule has 0 saturated heterocycles. The molecule has 0 aromatic rings. The van der Waals surface area contributed by atoms with Crippen LogP contribution in [0.4, 0.5) is 0 Å². The molecule has 0 bridgehead atoms. The SMILES string of the molecule is CCCCCCOP(OCCCC)OCCCC. The van der Waals surface area contributed by atoms with Crippen molar-refractivity contribution in [2.24, 2.45) is 0 Å². The highest BCUT2D eigenvalue weighted by Crippen LogP contribution is 2.40. The van der Waals surface area contributed by atoms with Crippen molar-refractivity contribution in [3.63, 3.8) is 0 Å². The van der Waals surface area contributed by atoms with E-state index in [9.17, 15) is 0 Å². The zero-order chi connectivity index (χ0) is 13.5. The van der Waals surface area contributed by atoms with Crippen molar-refractivity contribution < 1.29 is 13.6 Å². The highest BCUT2D eigenvalue weighted by Gasteiger charge is 2.11. The molecular weight excluding hydrogens is 247 g/mol. The van der Waals surface area contributed by atoms with Gasteiger partial charge in [0.15, 0.2) is 0 Å². The van der Waals surface area contributed by atoms with Gasteiger partial charge in [0, 0.05) is 0 Å². The first kappa shape index (κ1) is 18.3. The van der Waals surface area contributed by atoms with Crippen molar-refractivity contribution >= 4 is 8.60 Å². The lowest BCUT2D eigenvalue weighted by Crippen LogP contribution is -2.00. The van der Waals surface area contributed by atoms with Crippen molar-refractivity contribution in [1.29, 1.82) is 0 Å². The topological polar surface area (TPSA) is 27.7 Å². The molecule has 0 aromatic heterocycles. The van der Waals surface area contributed by atoms with Gasteiger partial charge in [-0.25, -0.2) is 0 Å². The molecule has 0 rings (SSSR count). The third-order valence-corrected chi connectivity index (χ3v) is 3.76. The van der Waals surface area contributed by atoms with Crippen LogP contribution in [0.25, 0.3) is 0 Å². The molecule has 0 aliphatic heterocycles. The molecule has 3 nitrogen and oxygen atoms in total. The second-order valence-corrected chi connectivity index (χ2v) is 5.71. The lowest BCUT2D eigenvalue weighted by atomic mass is 10.2. The van der Waals surface area contributed by atoms with Crippen LogP contribution in [0.1, 0.15) is 72.1 Å². The molecule has 0 radical (unpaired) electrons. The molecule has 0 aliphatic rings. The highest BCUT2D eigenvalue weighted by molar-refractivity contribution is 7.41. The fraction of sp³-hybridized carbons (Fsp3) is 1.00. The Morgan fingerprint density at radius 2 is 1.00 bits per heavy atom. The fourth-order valence-corrected chi connectivity index (χ4v) is 2.40. The van der Waals surface area contributed by atoms with Crippen LogP contribution in [0, 0.1) is 0 Å². The molecule has 0 heterocycles. The molecule has 0 saturated carbocycles. The molecule has 18 heavy (non-hydrogen) atoms. The van der Waals surface area contributed by atoms with Gasteiger partial charge >= 0.3 is 8.60 Å². The van der Waals surface area contributed by atoms with Crippen LogP contribution in [0.5, 0.6) is 0 Å². The van der Waals surface area contributed by atoms with Gasteiger partial charge in [-0.15, -0.1) is 0 Å². The quantitative estimate of drug-likeness (QED) is 0.312. The van der Waals surface area contributed by atoms with Crippen LogP contribution in [-0.4, -0.2) is 19.8 Å². The maximum atomic E-state index is 5.70. The van der Waals surface area contributed by atoms with E-state index in [2.05, 4.69) is 20.8 Å². The smallest absolute Gasteiger partial charge is 0.312 e. The lowest BCUT2D eigenvalue weighted by molar-refractivity contribution is 0.155. The van der Waals surface area contributed by atoms with Crippen LogP contribution >= 0.6 is 8.60 Å². The molecule has 0 fully saturated rings. The van der Waals surface area contributed by atoms with Gasteiger partial charge < -0.3 is 13.6 Å². The first-order valence-corrected chi connectivity index (χ1v) is 8.63. The molecule has 0 spiro atoms. The van der Waals surface area contributed by atoms with E-state index in [1.165, 1.54) is 19.3 Å². The van der Waals surface area contributed by atoms with Crippen LogP contribution in [0.2, 0.25) is 0 Å². The Morgan fingerprint density at radius 1 is 0.556 bits per heavy atom. The third kappa shape index (κ3) is 12.8. The number of hydrogen-bond acceptors (Lipinski definition) is 3. The van der Waals surface area contributed by atoms with Gasteiger partial charge in [0.2, 0.25) is 0 Å². The Labute approximate surface area is 115 Å². The number of rotatable bonds is 14. The van der Waals surface area contributed by atoms with E-state index in [1.54, 1.807) is 0 Å². The van der Waals surface area contributed by atoms with E-state index in [1.807, 2.05) is 0 Å². The molecule has 110 valence electrons. The summed E-state index contributed by atoms with van der Waals surface area (Å²) < 4.78 is 17.0. The monoisotopic (exact) mass is 278 g/mol. The molecule has 0 aliphatic carbocycles. The number of unbranched alkanes of at least 4 members (excludes halogenated alkanes) is 5. The van der Waals surface area contributed by atoms with Crippen LogP contribution in [0.15, 0.2) is 0 Å². The van der Waals surface area contributed by atoms with Gasteiger partial charge in [-0.2, -0.15) is 0 Å². The van der Waals surface area contributed by atoms with E-state index in [0.29, 0.717) is 0 Å². The summed E-state index contributed by atoms with van der Waals surface area (Å²) in [5.41, 5.74) is 0. The van der Waals surface area contributed by atoms with Crippen molar-refractivity contribution in [2.45, 2.75) is 72.1 Å². The minimum Gasteiger partial charge on any atom is -0.312 e. The average Bonchev–Trinajstić information content (AvgIpc) is 2.38. The minimum atomic E-state index is -1.10. The molecular formula is C14H31O3P. The first-order valence-electron chi connectivity index (χ1n) is 7.54. The van der Waals surface area contributed by atoms with Crippen molar-refractivity contribution in [2.75, 3.05) is 19.8 Å². The Kier molecular flexibility index (Phi) is 15.6. The summed E-state index contributed by atoms with van der Waals surface area (Å²) in [6, 6.07) is 0. The predicted octanol–water partition coefficient (Wildman–Crippen LogP) is 5.44. The van der Waals surface area contributed by atoms with Crippen LogP contribution < -0.4 is 0 Å². The van der Waals surface area contributed by atoms with E-state index in [0.717, 1.165) is 51.9 Å². The zero-order valence-electron chi connectivity index (χ0n) is 12.5. The Morgan fingerprint density at radius 3 is 1.44 bits per heavy atom. The zero-order valence-corrected chi connectivity index (χ0v) is 13.3. The van der Waals surface area contributed by atoms with E-state index >= 15 is 0 Å². The average molecular weight is 278 g/mol. The van der Waals surface area contributed by atoms with Gasteiger partial charge in [0.05, 0.1) is 19.8 Å². The second-order valence-electron chi connectivity index (χ2n) is 4.49. The first-order chi connectivity index (χ1) is 8.85. The standard InChI is InChI=1S/C14H31O3P/c1-4-7-10-11-14-17-18(15-12-8-5-2)16-13-9-6-3/h4-14H2,1-3H3. The van der Waals surface area contributed by atoms with Crippen LogP contribution in [-0.2, 0) is 13.6 Å². The van der Waals surface area contributed by atoms with Crippen molar-refractivity contribution in [3.8, 4) is 0 Å². The van der Waals surface area contributed by atoms with Gasteiger partial charge in [-0.05, 0) is 19.3 Å². The minimum absolute atomic E-state index is 0.753. The van der Waals surface area contributed by atoms with E-state index in [-0.39, 0.29) is 0 Å². The normalized spacial score (nSPS) is 11.3. The Balaban J connectivity index is 3.60. The summed E-state index contributed by atoms with van der Waals surface area (Å²) >= 11 is 0. The molecule has 0 atom stereocenters. The second kappa shape index (κ2) is 15.4. The van der Waals surface area contributed by atoms with Crippen molar-refractivity contribution in [3.05, 3.63) is 0 Å². The predicted molar refractivity (Wildman–Crippen MR) is 78.7 cm³/mol. The molecule has 0 amide bonds. The number of hydrogen-bond donors (Lipinski definition) is 0. The molecule has 4 heteroatoms. The van der Waals surface area contributed by atoms with Gasteiger partial charge in [-0.1, -0.05) is 52.9 Å². The largest absolute Gasteiger partial charge is 0.332 e. The fourth-order valence-electron chi connectivity index (χ4n) is 1.35. The van der Waals surface area contributed by atoms with Crippen LogP contribution in [0.3, 0.4) is 0 Å². The summed E-state index contributed by atoms with van der Waals surface area (Å²) in [5, 5.41) is 0. The van der Waals surface area contributed by atoms with Crippen molar-refractivity contribution in [1.82, 2.24) is 0 Å². The highest BCUT2D eigenvalue weighted by atomic mass is 31.2. The van der Waals surface area contributed by atoms with Gasteiger partial charge in [0.25, 0.3) is 0 Å². The third-order valence-electron chi connectivity index (χ3n) is 2.58. The molecule has 0 aromatic carbocycles. The van der Waals surface area contributed by atoms with Gasteiger partial charge in [0.1, 0.15) is 0 Å². The van der Waals surface area contributed by atoms with E-state index < -0.39 is 8.60 Å². The summed E-state index contributed by atoms with van der Waals surface area (Å²) in [6.07, 6.45) is 9.35. The lowest BCUT2D eigenvalue weighted by Gasteiger charge is -2.16. The maximum absolute atomic E-state index is 5.70. The summed E-state index contributed by atoms with van der Waals surface area (Å²) in [6.45, 7) is 8.82. The summed E-state index contributed by atoms with van der Waals surface area (Å²) in [5.74, 6) is 0. The Bertz CT molecular complexity index is 146. The molecule has 0 N–H and O–H groups in total. The summed E-state index contributed by atoms with van der Waals surface area (Å²) in [4.78, 5) is 0. The molecule has 0 unspecified atom stereocenters. The van der Waals surface area contributed by atoms with E-state index in [4.69, 9.17) is 13.6 Å². The summed E-state index contributed by atoms with van der Waals surface area (Å²) in [7, 11) is -1.10.